The fraction of sp³-hybridized carbons (Fsp3) is 0.526. The number of ketones is 1. The van der Waals surface area contributed by atoms with E-state index in [1.807, 2.05) is 11.9 Å². The third-order valence-corrected chi connectivity index (χ3v) is 5.54. The Morgan fingerprint density at radius 3 is 2.42 bits per heavy atom. The normalized spacial score (nSPS) is 25.2. The molecule has 2 heterocycles. The molecule has 0 aromatic heterocycles. The number of amides is 1. The Morgan fingerprint density at radius 1 is 1.15 bits per heavy atom. The lowest BCUT2D eigenvalue weighted by atomic mass is 9.81. The lowest BCUT2D eigenvalue weighted by Crippen LogP contribution is -2.41. The van der Waals surface area contributed by atoms with E-state index in [4.69, 9.17) is 4.74 Å². The minimum Gasteiger partial charge on any atom is -0.497 e. The number of ether oxygens (including phenoxy) is 1. The molecule has 2 aliphatic heterocycles. The SMILES string of the molecule is COc1ccc(C(=O)CCC(=O)N2C[C@@H]3CN(C)C[C@]3(C(=O)O)C2)cc1. The van der Waals surface area contributed by atoms with E-state index in [0.29, 0.717) is 30.9 Å². The van der Waals surface area contributed by atoms with Crippen molar-refractivity contribution in [1.82, 2.24) is 9.80 Å². The monoisotopic (exact) mass is 360 g/mol. The van der Waals surface area contributed by atoms with Crippen molar-refractivity contribution in [3.05, 3.63) is 29.8 Å². The van der Waals surface area contributed by atoms with Gasteiger partial charge < -0.3 is 19.6 Å². The number of rotatable bonds is 6. The predicted molar refractivity (Wildman–Crippen MR) is 94.2 cm³/mol. The molecule has 0 radical (unpaired) electrons. The molecule has 3 rings (SSSR count). The van der Waals surface area contributed by atoms with Gasteiger partial charge in [-0.15, -0.1) is 0 Å². The number of carboxylic acid groups (broad SMARTS) is 1. The third-order valence-electron chi connectivity index (χ3n) is 5.54. The molecular weight excluding hydrogens is 336 g/mol. The Bertz CT molecular complexity index is 717. The summed E-state index contributed by atoms with van der Waals surface area (Å²) in [4.78, 5) is 40.2. The number of carboxylic acids is 1. The van der Waals surface area contributed by atoms with E-state index < -0.39 is 11.4 Å². The van der Waals surface area contributed by atoms with Crippen molar-refractivity contribution in [2.45, 2.75) is 12.8 Å². The summed E-state index contributed by atoms with van der Waals surface area (Å²) in [5.41, 5.74) is -0.328. The van der Waals surface area contributed by atoms with Crippen LogP contribution in [0.15, 0.2) is 24.3 Å². The van der Waals surface area contributed by atoms with Crippen LogP contribution < -0.4 is 4.74 Å². The zero-order valence-electron chi connectivity index (χ0n) is 15.1. The molecule has 1 aromatic rings. The number of methoxy groups -OCH3 is 1. The van der Waals surface area contributed by atoms with Gasteiger partial charge in [0.25, 0.3) is 0 Å². The Labute approximate surface area is 152 Å². The molecular formula is C19H24N2O5. The van der Waals surface area contributed by atoms with Crippen LogP contribution in [0, 0.1) is 11.3 Å². The number of carbonyl (C=O) groups is 3. The predicted octanol–water partition coefficient (Wildman–Crippen LogP) is 1.13. The van der Waals surface area contributed by atoms with E-state index in [1.54, 1.807) is 36.3 Å². The average Bonchev–Trinajstić information content (AvgIpc) is 3.13. The molecule has 0 saturated carbocycles. The smallest absolute Gasteiger partial charge is 0.313 e. The van der Waals surface area contributed by atoms with Gasteiger partial charge in [0.1, 0.15) is 11.2 Å². The lowest BCUT2D eigenvalue weighted by Gasteiger charge is -2.24. The van der Waals surface area contributed by atoms with E-state index >= 15 is 0 Å². The summed E-state index contributed by atoms with van der Waals surface area (Å²) in [7, 11) is 3.46. The van der Waals surface area contributed by atoms with Crippen molar-refractivity contribution in [1.29, 1.82) is 0 Å². The number of aliphatic carboxylic acids is 1. The first kappa shape index (κ1) is 18.4. The molecule has 140 valence electrons. The highest BCUT2D eigenvalue weighted by molar-refractivity contribution is 5.98. The molecule has 1 amide bonds. The largest absolute Gasteiger partial charge is 0.497 e. The number of hydrogen-bond donors (Lipinski definition) is 1. The molecule has 2 aliphatic rings. The fourth-order valence-electron chi connectivity index (χ4n) is 4.11. The van der Waals surface area contributed by atoms with Crippen molar-refractivity contribution in [2.75, 3.05) is 40.3 Å². The van der Waals surface area contributed by atoms with Crippen molar-refractivity contribution < 1.29 is 24.2 Å². The van der Waals surface area contributed by atoms with Crippen molar-refractivity contribution in [3.63, 3.8) is 0 Å². The fourth-order valence-corrected chi connectivity index (χ4v) is 4.11. The molecule has 0 unspecified atom stereocenters. The number of benzene rings is 1. The molecule has 0 aliphatic carbocycles. The van der Waals surface area contributed by atoms with Crippen LogP contribution in [0.1, 0.15) is 23.2 Å². The molecule has 1 N–H and O–H groups in total. The minimum atomic E-state index is -0.871. The van der Waals surface area contributed by atoms with Gasteiger partial charge in [0.05, 0.1) is 7.11 Å². The van der Waals surface area contributed by atoms with E-state index in [9.17, 15) is 19.5 Å². The molecule has 2 fully saturated rings. The first-order valence-corrected chi connectivity index (χ1v) is 8.72. The van der Waals surface area contributed by atoms with Crippen molar-refractivity contribution in [2.24, 2.45) is 11.3 Å². The second kappa shape index (κ2) is 7.07. The lowest BCUT2D eigenvalue weighted by molar-refractivity contribution is -0.149. The number of likely N-dealkylation sites (tertiary alicyclic amines) is 2. The van der Waals surface area contributed by atoms with Gasteiger partial charge in [0.15, 0.2) is 5.78 Å². The molecule has 2 saturated heterocycles. The molecule has 7 nitrogen and oxygen atoms in total. The average molecular weight is 360 g/mol. The van der Waals surface area contributed by atoms with E-state index in [-0.39, 0.29) is 37.0 Å². The quantitative estimate of drug-likeness (QED) is 0.766. The first-order chi connectivity index (χ1) is 12.4. The minimum absolute atomic E-state index is 0.0498. The zero-order valence-corrected chi connectivity index (χ0v) is 15.1. The second-order valence-corrected chi connectivity index (χ2v) is 7.28. The van der Waals surface area contributed by atoms with E-state index in [2.05, 4.69) is 0 Å². The van der Waals surface area contributed by atoms with Gasteiger partial charge >= 0.3 is 5.97 Å². The summed E-state index contributed by atoms with van der Waals surface area (Å²) in [6.07, 6.45) is 0.218. The number of Topliss-reactive ketones (excluding diaryl/α,β-unsaturated/α-hetero) is 1. The number of nitrogens with zero attached hydrogens (tertiary/aromatic N) is 2. The van der Waals surface area contributed by atoms with Crippen LogP contribution in [-0.4, -0.2) is 72.9 Å². The van der Waals surface area contributed by atoms with Gasteiger partial charge in [-0.05, 0) is 31.3 Å². The highest BCUT2D eigenvalue weighted by Crippen LogP contribution is 2.42. The number of carbonyl (C=O) groups excluding carboxylic acids is 2. The highest BCUT2D eigenvalue weighted by atomic mass is 16.5. The Balaban J connectivity index is 1.57. The Morgan fingerprint density at radius 2 is 1.85 bits per heavy atom. The van der Waals surface area contributed by atoms with E-state index in [0.717, 1.165) is 0 Å². The topological polar surface area (TPSA) is 87.2 Å². The maximum Gasteiger partial charge on any atom is 0.313 e. The number of hydrogen-bond acceptors (Lipinski definition) is 5. The van der Waals surface area contributed by atoms with E-state index in [1.165, 1.54) is 0 Å². The number of fused-ring (bicyclic) bond motifs is 1. The summed E-state index contributed by atoms with van der Waals surface area (Å²) >= 11 is 0. The van der Waals surface area contributed by atoms with Crippen LogP contribution in [0.4, 0.5) is 0 Å². The van der Waals surface area contributed by atoms with Gasteiger partial charge in [-0.3, -0.25) is 14.4 Å². The standard InChI is InChI=1S/C19H24N2O5/c1-20-9-14-10-21(12-19(14,11-20)18(24)25)17(23)8-7-16(22)13-3-5-15(26-2)6-4-13/h3-6,14H,7-12H2,1-2H3,(H,24,25)/t14-,19-/m0/s1. The molecule has 26 heavy (non-hydrogen) atoms. The van der Waals surface area contributed by atoms with Gasteiger partial charge in [-0.1, -0.05) is 0 Å². The first-order valence-electron chi connectivity index (χ1n) is 8.72. The summed E-state index contributed by atoms with van der Waals surface area (Å²) in [6, 6.07) is 6.79. The van der Waals surface area contributed by atoms with Crippen LogP contribution in [0.5, 0.6) is 5.75 Å². The van der Waals surface area contributed by atoms with Gasteiger partial charge in [-0.2, -0.15) is 0 Å². The van der Waals surface area contributed by atoms with Crippen molar-refractivity contribution in [3.8, 4) is 5.75 Å². The summed E-state index contributed by atoms with van der Waals surface area (Å²) in [5.74, 6) is -0.467. The summed E-state index contributed by atoms with van der Waals surface area (Å²) in [6.45, 7) is 1.82. The van der Waals surface area contributed by atoms with Crippen LogP contribution in [0.2, 0.25) is 0 Å². The van der Waals surface area contributed by atoms with Crippen LogP contribution in [0.25, 0.3) is 0 Å². The van der Waals surface area contributed by atoms with Gasteiger partial charge in [-0.25, -0.2) is 0 Å². The Hall–Kier alpha value is -2.41. The van der Waals surface area contributed by atoms with Crippen molar-refractivity contribution >= 4 is 17.7 Å². The van der Waals surface area contributed by atoms with Gasteiger partial charge in [0.2, 0.25) is 5.91 Å². The van der Waals surface area contributed by atoms with Crippen LogP contribution in [-0.2, 0) is 9.59 Å². The highest BCUT2D eigenvalue weighted by Gasteiger charge is 2.57. The molecule has 2 atom stereocenters. The van der Waals surface area contributed by atoms with Crippen LogP contribution >= 0.6 is 0 Å². The Kier molecular flexibility index (Phi) is 5.00. The summed E-state index contributed by atoms with van der Waals surface area (Å²) < 4.78 is 5.06. The van der Waals surface area contributed by atoms with Crippen LogP contribution in [0.3, 0.4) is 0 Å². The van der Waals surface area contributed by atoms with Gasteiger partial charge in [0, 0.05) is 50.5 Å². The maximum atomic E-state index is 12.5. The third kappa shape index (κ3) is 3.31. The molecule has 0 bridgehead atoms. The summed E-state index contributed by atoms with van der Waals surface area (Å²) in [5, 5.41) is 9.67. The molecule has 7 heteroatoms. The maximum absolute atomic E-state index is 12.5. The molecule has 0 spiro atoms. The zero-order chi connectivity index (χ0) is 18.9. The molecule has 1 aromatic carbocycles. The second-order valence-electron chi connectivity index (χ2n) is 7.28.